The van der Waals surface area contributed by atoms with E-state index in [1.165, 1.54) is 13.8 Å². The van der Waals surface area contributed by atoms with Gasteiger partial charge < -0.3 is 49.5 Å². The van der Waals surface area contributed by atoms with Crippen molar-refractivity contribution in [3.63, 3.8) is 0 Å². The highest BCUT2D eigenvalue weighted by molar-refractivity contribution is 5.76. The van der Waals surface area contributed by atoms with E-state index in [-0.39, 0.29) is 31.1 Å². The fraction of sp³-hybridized carbons (Fsp3) is 0.745. The monoisotopic (exact) mass is 887 g/mol. The van der Waals surface area contributed by atoms with Crippen molar-refractivity contribution in [2.24, 2.45) is 17.8 Å². The van der Waals surface area contributed by atoms with Crippen molar-refractivity contribution < 1.29 is 49.3 Å². The Morgan fingerprint density at radius 1 is 0.889 bits per heavy atom. The molecule has 12 nitrogen and oxygen atoms in total. The molecule has 2 heterocycles. The Morgan fingerprint density at radius 2 is 1.48 bits per heavy atom. The first-order chi connectivity index (χ1) is 29.7. The van der Waals surface area contributed by atoms with E-state index in [2.05, 4.69) is 61.3 Å². The van der Waals surface area contributed by atoms with Gasteiger partial charge in [0.05, 0.1) is 35.9 Å². The number of carbonyl (C=O) groups is 2. The normalized spacial score (nSPS) is 35.7. The Kier molecular flexibility index (Phi) is 25.2. The minimum atomic E-state index is -1.79. The molecule has 2 aliphatic rings. The highest BCUT2D eigenvalue weighted by atomic mass is 16.7. The minimum absolute atomic E-state index is 0.150. The summed E-state index contributed by atoms with van der Waals surface area (Å²) in [4.78, 5) is 30.4. The molecule has 0 bridgehead atoms. The Morgan fingerprint density at radius 3 is 2.08 bits per heavy atom. The number of nitrogens with zero attached hydrogens (tertiary/aromatic N) is 2. The standard InChI is InChI=1S/C51H86N2O10/c1-12-14-15-16-17-18-19-20-21-22-23-24-25-26-27-28-29-30-31-32-43(54)53(11)41-33-37(4)61-49(45(41)56)63-47-38(5)44(55)39(6)48(58)62-42(13-2)51(9,60)46(57)40(7)52(10)35-36(3)34-50(47,8)59/h14-15,17-18,20-21,23-24,28,30,36-42,44-47,49,55-57,59-60H,12-13,16,19,22,25-27,31-35H2,1-11H3/t29?,36-,37-,38+,39-,40?,41+,42-,44+,45-,46-,47-,49+,50-,51-/m1/s1. The van der Waals surface area contributed by atoms with Crippen molar-refractivity contribution in [1.82, 2.24) is 9.80 Å². The molecular weight excluding hydrogens is 801 g/mol. The SMILES string of the molecule is CCC=CCC=CCC=CCC=CCCCC=C=CCCC(=O)N(C)[C@H]1C[C@@H](C)O[C@@H](O[C@@H]2[C@@H](C)[C@H](O)[C@@H](C)C(=O)O[C@H](CC)[C@@](C)(O)[C@H](O)C(C)N(C)C[C@H](C)C[C@@]2(C)O)[C@@H]1O. The Labute approximate surface area is 380 Å². The molecule has 0 aromatic heterocycles. The number of hydrogen-bond acceptors (Lipinski definition) is 11. The van der Waals surface area contributed by atoms with Crippen LogP contribution >= 0.6 is 0 Å². The number of aliphatic hydroxyl groups is 5. The topological polar surface area (TPSA) is 169 Å². The number of aliphatic hydroxyl groups excluding tert-OH is 3. The average molecular weight is 887 g/mol. The van der Waals surface area contributed by atoms with Crippen molar-refractivity contribution >= 4 is 11.9 Å². The average Bonchev–Trinajstić information content (AvgIpc) is 3.23. The molecule has 0 aromatic rings. The van der Waals surface area contributed by atoms with E-state index in [1.807, 2.05) is 37.9 Å². The largest absolute Gasteiger partial charge is 0.459 e. The zero-order valence-corrected chi connectivity index (χ0v) is 40.6. The summed E-state index contributed by atoms with van der Waals surface area (Å²) in [7, 11) is 3.48. The van der Waals surface area contributed by atoms with E-state index in [0.717, 1.165) is 44.9 Å². The first kappa shape index (κ1) is 56.2. The minimum Gasteiger partial charge on any atom is -0.459 e. The predicted octanol–water partition coefficient (Wildman–Crippen LogP) is 7.34. The highest BCUT2D eigenvalue weighted by Gasteiger charge is 2.50. The summed E-state index contributed by atoms with van der Waals surface area (Å²) in [5.41, 5.74) is -0.207. The summed E-state index contributed by atoms with van der Waals surface area (Å²) in [5, 5.41) is 58.5. The molecule has 1 amide bonds. The van der Waals surface area contributed by atoms with Gasteiger partial charge >= 0.3 is 5.97 Å². The lowest BCUT2D eigenvalue weighted by Gasteiger charge is -2.47. The Bertz CT molecular complexity index is 1530. The van der Waals surface area contributed by atoms with Crippen LogP contribution in [-0.2, 0) is 23.8 Å². The summed E-state index contributed by atoms with van der Waals surface area (Å²) < 4.78 is 18.5. The third kappa shape index (κ3) is 18.1. The number of cyclic esters (lactones) is 1. The molecule has 1 unspecified atom stereocenters. The number of hydrogen-bond donors (Lipinski definition) is 5. The fourth-order valence-corrected chi connectivity index (χ4v) is 8.85. The van der Waals surface area contributed by atoms with Crippen LogP contribution in [0.5, 0.6) is 0 Å². The van der Waals surface area contributed by atoms with Crippen molar-refractivity contribution in [3.8, 4) is 0 Å². The lowest BCUT2D eigenvalue weighted by Crippen LogP contribution is -2.60. The molecule has 0 radical (unpaired) electrons. The molecule has 2 rings (SSSR count). The number of unbranched alkanes of at least 4 members (excludes halogenated alkanes) is 2. The van der Waals surface area contributed by atoms with Crippen LogP contribution in [0.3, 0.4) is 0 Å². The number of esters is 1. The summed E-state index contributed by atoms with van der Waals surface area (Å²) in [6.07, 6.45) is 21.9. The molecule has 5 N–H and O–H groups in total. The molecule has 2 fully saturated rings. The smallest absolute Gasteiger partial charge is 0.311 e. The van der Waals surface area contributed by atoms with E-state index in [4.69, 9.17) is 14.2 Å². The van der Waals surface area contributed by atoms with Gasteiger partial charge in [-0.3, -0.25) is 9.59 Å². The van der Waals surface area contributed by atoms with Gasteiger partial charge in [-0.25, -0.2) is 0 Å². The van der Waals surface area contributed by atoms with E-state index in [1.54, 1.807) is 39.6 Å². The van der Waals surface area contributed by atoms with Crippen molar-refractivity contribution in [3.05, 3.63) is 66.5 Å². The van der Waals surface area contributed by atoms with Gasteiger partial charge in [-0.2, -0.15) is 0 Å². The summed E-state index contributed by atoms with van der Waals surface area (Å²) in [5.74, 6) is -3.09. The second-order valence-corrected chi connectivity index (χ2v) is 18.7. The quantitative estimate of drug-likeness (QED) is 0.0404. The maximum absolute atomic E-state index is 13.5. The molecule has 2 aliphatic heterocycles. The van der Waals surface area contributed by atoms with Gasteiger partial charge in [0.2, 0.25) is 5.91 Å². The van der Waals surface area contributed by atoms with Crippen molar-refractivity contribution in [2.75, 3.05) is 20.6 Å². The molecule has 2 saturated heterocycles. The Balaban J connectivity index is 2.09. The molecule has 63 heavy (non-hydrogen) atoms. The third-order valence-electron chi connectivity index (χ3n) is 12.9. The fourth-order valence-electron chi connectivity index (χ4n) is 8.85. The summed E-state index contributed by atoms with van der Waals surface area (Å²) in [6, 6.07) is -1.20. The van der Waals surface area contributed by atoms with Crippen molar-refractivity contribution in [1.29, 1.82) is 0 Å². The van der Waals surface area contributed by atoms with E-state index >= 15 is 0 Å². The van der Waals surface area contributed by atoms with Crippen LogP contribution in [-0.4, -0.2) is 134 Å². The van der Waals surface area contributed by atoms with Gasteiger partial charge in [-0.15, -0.1) is 5.73 Å². The second-order valence-electron chi connectivity index (χ2n) is 18.7. The van der Waals surface area contributed by atoms with Crippen LogP contribution in [0.1, 0.15) is 139 Å². The third-order valence-corrected chi connectivity index (χ3v) is 12.9. The first-order valence-corrected chi connectivity index (χ1v) is 23.7. The molecule has 0 saturated carbocycles. The van der Waals surface area contributed by atoms with Crippen LogP contribution in [0.15, 0.2) is 66.5 Å². The molecule has 14 atom stereocenters. The zero-order chi connectivity index (χ0) is 47.3. The molecule has 12 heteroatoms. The predicted molar refractivity (Wildman–Crippen MR) is 250 cm³/mol. The number of amides is 1. The number of likely N-dealkylation sites (N-methyl/N-ethyl adjacent to an activating group) is 2. The summed E-state index contributed by atoms with van der Waals surface area (Å²) >= 11 is 0. The highest BCUT2D eigenvalue weighted by Crippen LogP contribution is 2.37. The van der Waals surface area contributed by atoms with Crippen LogP contribution in [0.25, 0.3) is 0 Å². The van der Waals surface area contributed by atoms with Crippen LogP contribution in [0.2, 0.25) is 0 Å². The number of allylic oxidation sites excluding steroid dienone is 9. The van der Waals surface area contributed by atoms with E-state index in [0.29, 0.717) is 19.4 Å². The Hall–Kier alpha value is -2.90. The van der Waals surface area contributed by atoms with Gasteiger partial charge in [0.15, 0.2) is 6.29 Å². The number of rotatable bonds is 18. The lowest BCUT2D eigenvalue weighted by atomic mass is 9.78. The summed E-state index contributed by atoms with van der Waals surface area (Å²) in [6.45, 7) is 16.1. The lowest BCUT2D eigenvalue weighted by molar-refractivity contribution is -0.299. The maximum Gasteiger partial charge on any atom is 0.311 e. The molecule has 0 aromatic carbocycles. The van der Waals surface area contributed by atoms with Crippen LogP contribution in [0.4, 0.5) is 0 Å². The van der Waals surface area contributed by atoms with Crippen LogP contribution in [0, 0.1) is 17.8 Å². The van der Waals surface area contributed by atoms with Crippen LogP contribution < -0.4 is 0 Å². The first-order valence-electron chi connectivity index (χ1n) is 23.7. The number of ether oxygens (including phenoxy) is 3. The van der Waals surface area contributed by atoms with E-state index < -0.39 is 84.0 Å². The van der Waals surface area contributed by atoms with E-state index in [9.17, 15) is 35.1 Å². The number of carbonyl (C=O) groups excluding carboxylic acids is 2. The molecular formula is C51H86N2O10. The second kappa shape index (κ2) is 28.2. The maximum atomic E-state index is 13.5. The molecule has 0 spiro atoms. The van der Waals surface area contributed by atoms with Gasteiger partial charge in [-0.1, -0.05) is 76.3 Å². The van der Waals surface area contributed by atoms with Gasteiger partial charge in [-0.05, 0) is 130 Å². The van der Waals surface area contributed by atoms with Gasteiger partial charge in [0, 0.05) is 32.0 Å². The van der Waals surface area contributed by atoms with Crippen molar-refractivity contribution in [2.45, 2.75) is 206 Å². The molecule has 0 aliphatic carbocycles. The van der Waals surface area contributed by atoms with Gasteiger partial charge in [0.1, 0.15) is 23.9 Å². The zero-order valence-electron chi connectivity index (χ0n) is 40.6. The molecule has 360 valence electrons. The van der Waals surface area contributed by atoms with Gasteiger partial charge in [0.25, 0.3) is 0 Å².